The number of hydrogen-bond donors (Lipinski definition) is 0. The fourth-order valence-corrected chi connectivity index (χ4v) is 3.41. The number of thioether (sulfide) groups is 1. The summed E-state index contributed by atoms with van der Waals surface area (Å²) in [7, 11) is 0. The molecule has 0 saturated carbocycles. The Morgan fingerprint density at radius 2 is 1.79 bits per heavy atom. The lowest BCUT2D eigenvalue weighted by atomic mass is 9.96. The van der Waals surface area contributed by atoms with Gasteiger partial charge in [0.15, 0.2) is 0 Å². The zero-order valence-corrected chi connectivity index (χ0v) is 12.9. The second-order valence-corrected chi connectivity index (χ2v) is 6.34. The lowest BCUT2D eigenvalue weighted by Crippen LogP contribution is -2.47. The first-order chi connectivity index (χ1) is 9.13. The van der Waals surface area contributed by atoms with E-state index in [1.807, 2.05) is 12.1 Å². The molecular weight excluding hydrogens is 254 g/mol. The Morgan fingerprint density at radius 1 is 1.21 bits per heavy atom. The molecule has 1 fully saturated rings. The van der Waals surface area contributed by atoms with Crippen molar-refractivity contribution < 1.29 is 4.79 Å². The molecule has 1 aliphatic heterocycles. The maximum absolute atomic E-state index is 12.6. The van der Waals surface area contributed by atoms with Gasteiger partial charge in [0.25, 0.3) is 5.91 Å². The molecule has 1 aromatic rings. The second-order valence-electron chi connectivity index (χ2n) is 5.47. The van der Waals surface area contributed by atoms with E-state index < -0.39 is 0 Å². The molecule has 0 aromatic heterocycles. The Labute approximate surface area is 120 Å². The molecule has 104 valence electrons. The first kappa shape index (κ1) is 14.4. The highest BCUT2D eigenvalue weighted by molar-refractivity contribution is 7.97. The number of likely N-dealkylation sites (tertiary alicyclic amines) is 1. The predicted molar refractivity (Wildman–Crippen MR) is 82.6 cm³/mol. The molecule has 0 spiro atoms. The normalized spacial score (nSPS) is 23.4. The lowest BCUT2D eigenvalue weighted by molar-refractivity contribution is 0.0511. The molecule has 19 heavy (non-hydrogen) atoms. The predicted octanol–water partition coefficient (Wildman–Crippen LogP) is 3.95. The van der Waals surface area contributed by atoms with E-state index in [0.717, 1.165) is 24.2 Å². The van der Waals surface area contributed by atoms with Gasteiger partial charge >= 0.3 is 0 Å². The van der Waals surface area contributed by atoms with Crippen molar-refractivity contribution in [3.05, 3.63) is 35.4 Å². The van der Waals surface area contributed by atoms with Crippen molar-refractivity contribution in [2.75, 3.05) is 6.26 Å². The molecule has 0 aliphatic carbocycles. The fourth-order valence-electron chi connectivity index (χ4n) is 2.88. The first-order valence-electron chi connectivity index (χ1n) is 7.04. The average molecular weight is 277 g/mol. The number of nitrogens with zero attached hydrogens (tertiary/aromatic N) is 1. The number of rotatable bonds is 3. The largest absolute Gasteiger partial charge is 0.333 e. The number of carbonyl (C=O) groups is 1. The van der Waals surface area contributed by atoms with Gasteiger partial charge in [0.1, 0.15) is 0 Å². The summed E-state index contributed by atoms with van der Waals surface area (Å²) in [6.45, 7) is 4.32. The third kappa shape index (κ3) is 3.33. The second kappa shape index (κ2) is 6.47. The fraction of sp³-hybridized carbons (Fsp3) is 0.562. The third-order valence-electron chi connectivity index (χ3n) is 3.94. The summed E-state index contributed by atoms with van der Waals surface area (Å²) in [4.78, 5) is 14.7. The van der Waals surface area contributed by atoms with E-state index in [1.54, 1.807) is 11.8 Å². The SMILES string of the molecule is CSCc1ccc(C(=O)N2C(C)CCCC2C)cc1. The number of benzene rings is 1. The van der Waals surface area contributed by atoms with Crippen LogP contribution in [0.4, 0.5) is 0 Å². The van der Waals surface area contributed by atoms with Gasteiger partial charge in [-0.05, 0) is 57.1 Å². The number of carbonyl (C=O) groups excluding carboxylic acids is 1. The Morgan fingerprint density at radius 3 is 2.32 bits per heavy atom. The number of piperidine rings is 1. The van der Waals surface area contributed by atoms with E-state index in [-0.39, 0.29) is 5.91 Å². The molecule has 0 bridgehead atoms. The highest BCUT2D eigenvalue weighted by Gasteiger charge is 2.29. The van der Waals surface area contributed by atoms with Gasteiger partial charge in [-0.15, -0.1) is 0 Å². The molecule has 2 atom stereocenters. The van der Waals surface area contributed by atoms with Crippen LogP contribution in [0.1, 0.15) is 49.0 Å². The van der Waals surface area contributed by atoms with E-state index in [1.165, 1.54) is 12.0 Å². The van der Waals surface area contributed by atoms with E-state index >= 15 is 0 Å². The molecule has 2 unspecified atom stereocenters. The van der Waals surface area contributed by atoms with Crippen LogP contribution in [0.2, 0.25) is 0 Å². The van der Waals surface area contributed by atoms with E-state index in [9.17, 15) is 4.79 Å². The minimum Gasteiger partial charge on any atom is -0.333 e. The average Bonchev–Trinajstić information content (AvgIpc) is 2.39. The van der Waals surface area contributed by atoms with Gasteiger partial charge in [0.2, 0.25) is 0 Å². The highest BCUT2D eigenvalue weighted by atomic mass is 32.2. The van der Waals surface area contributed by atoms with Crippen LogP contribution in [0.5, 0.6) is 0 Å². The van der Waals surface area contributed by atoms with Crippen LogP contribution in [0.3, 0.4) is 0 Å². The molecule has 1 amide bonds. The number of amides is 1. The zero-order chi connectivity index (χ0) is 13.8. The van der Waals surface area contributed by atoms with Crippen molar-refractivity contribution in [1.29, 1.82) is 0 Å². The van der Waals surface area contributed by atoms with Crippen molar-refractivity contribution >= 4 is 17.7 Å². The van der Waals surface area contributed by atoms with Crippen LogP contribution < -0.4 is 0 Å². The molecule has 0 radical (unpaired) electrons. The Kier molecular flexibility index (Phi) is 4.92. The lowest BCUT2D eigenvalue weighted by Gasteiger charge is -2.39. The van der Waals surface area contributed by atoms with Crippen molar-refractivity contribution in [3.8, 4) is 0 Å². The number of hydrogen-bond acceptors (Lipinski definition) is 2. The van der Waals surface area contributed by atoms with Gasteiger partial charge in [-0.3, -0.25) is 4.79 Å². The molecule has 0 N–H and O–H groups in total. The minimum atomic E-state index is 0.190. The molecular formula is C16H23NOS. The molecule has 2 rings (SSSR count). The van der Waals surface area contributed by atoms with Crippen LogP contribution in [0.15, 0.2) is 24.3 Å². The maximum atomic E-state index is 12.6. The van der Waals surface area contributed by atoms with Crippen molar-refractivity contribution in [2.24, 2.45) is 0 Å². The van der Waals surface area contributed by atoms with E-state index in [0.29, 0.717) is 12.1 Å². The van der Waals surface area contributed by atoms with E-state index in [2.05, 4.69) is 37.1 Å². The standard InChI is InChI=1S/C16H23NOS/c1-12-5-4-6-13(2)17(12)16(18)15-9-7-14(8-10-15)11-19-3/h7-10,12-13H,4-6,11H2,1-3H3. The summed E-state index contributed by atoms with van der Waals surface area (Å²) in [5.74, 6) is 1.20. The summed E-state index contributed by atoms with van der Waals surface area (Å²) in [5, 5.41) is 0. The summed E-state index contributed by atoms with van der Waals surface area (Å²) < 4.78 is 0. The Hall–Kier alpha value is -0.960. The van der Waals surface area contributed by atoms with Crippen molar-refractivity contribution in [3.63, 3.8) is 0 Å². The summed E-state index contributed by atoms with van der Waals surface area (Å²) >= 11 is 1.80. The smallest absolute Gasteiger partial charge is 0.254 e. The molecule has 2 nitrogen and oxygen atoms in total. The highest BCUT2D eigenvalue weighted by Crippen LogP contribution is 2.24. The van der Waals surface area contributed by atoms with Crippen LogP contribution >= 0.6 is 11.8 Å². The van der Waals surface area contributed by atoms with Gasteiger partial charge in [-0.1, -0.05) is 12.1 Å². The van der Waals surface area contributed by atoms with Crippen LogP contribution in [0, 0.1) is 0 Å². The van der Waals surface area contributed by atoms with Crippen LogP contribution in [0.25, 0.3) is 0 Å². The third-order valence-corrected chi connectivity index (χ3v) is 4.56. The maximum Gasteiger partial charge on any atom is 0.254 e. The quantitative estimate of drug-likeness (QED) is 0.833. The van der Waals surface area contributed by atoms with Crippen LogP contribution in [-0.4, -0.2) is 29.1 Å². The van der Waals surface area contributed by atoms with Gasteiger partial charge in [-0.2, -0.15) is 11.8 Å². The van der Waals surface area contributed by atoms with Crippen LogP contribution in [-0.2, 0) is 5.75 Å². The molecule has 1 heterocycles. The Balaban J connectivity index is 2.13. The van der Waals surface area contributed by atoms with Gasteiger partial charge < -0.3 is 4.90 Å². The topological polar surface area (TPSA) is 20.3 Å². The zero-order valence-electron chi connectivity index (χ0n) is 12.1. The van der Waals surface area contributed by atoms with Crippen molar-refractivity contribution in [1.82, 2.24) is 4.90 Å². The Bertz CT molecular complexity index is 419. The minimum absolute atomic E-state index is 0.190. The van der Waals surface area contributed by atoms with Crippen molar-refractivity contribution in [2.45, 2.75) is 50.9 Å². The molecule has 3 heteroatoms. The summed E-state index contributed by atoms with van der Waals surface area (Å²) in [6.07, 6.45) is 5.58. The summed E-state index contributed by atoms with van der Waals surface area (Å²) in [5.41, 5.74) is 2.11. The molecule has 1 aliphatic rings. The van der Waals surface area contributed by atoms with E-state index in [4.69, 9.17) is 0 Å². The van der Waals surface area contributed by atoms with Gasteiger partial charge in [0.05, 0.1) is 0 Å². The molecule has 1 aromatic carbocycles. The monoisotopic (exact) mass is 277 g/mol. The van der Waals surface area contributed by atoms with Gasteiger partial charge in [-0.25, -0.2) is 0 Å². The molecule has 1 saturated heterocycles. The first-order valence-corrected chi connectivity index (χ1v) is 8.43. The van der Waals surface area contributed by atoms with Gasteiger partial charge in [0, 0.05) is 23.4 Å². The summed E-state index contributed by atoms with van der Waals surface area (Å²) in [6, 6.07) is 8.82.